The minimum absolute atomic E-state index is 0.0134. The molecule has 0 bridgehead atoms. The van der Waals surface area contributed by atoms with Crippen molar-refractivity contribution in [2.24, 2.45) is 0 Å². The fraction of sp³-hybridized carbons (Fsp3) is 0.222. The lowest BCUT2D eigenvalue weighted by Gasteiger charge is -2.12. The van der Waals surface area contributed by atoms with Crippen LogP contribution in [0.4, 0.5) is 14.5 Å². The summed E-state index contributed by atoms with van der Waals surface area (Å²) >= 11 is 6.10. The Morgan fingerprint density at radius 3 is 2.58 bits per heavy atom. The van der Waals surface area contributed by atoms with E-state index in [1.54, 1.807) is 13.0 Å². The van der Waals surface area contributed by atoms with Crippen LogP contribution in [-0.2, 0) is 9.53 Å². The third-order valence-electron chi connectivity index (χ3n) is 3.33. The summed E-state index contributed by atoms with van der Waals surface area (Å²) in [5, 5.41) is 2.95. The van der Waals surface area contributed by atoms with E-state index >= 15 is 0 Å². The van der Waals surface area contributed by atoms with Crippen molar-refractivity contribution in [2.75, 3.05) is 11.9 Å². The maximum absolute atomic E-state index is 12.2. The molecule has 0 radical (unpaired) electrons. The van der Waals surface area contributed by atoms with Gasteiger partial charge in [-0.3, -0.25) is 4.79 Å². The van der Waals surface area contributed by atoms with E-state index in [9.17, 15) is 18.4 Å². The van der Waals surface area contributed by atoms with Gasteiger partial charge in [0.1, 0.15) is 5.75 Å². The van der Waals surface area contributed by atoms with Gasteiger partial charge in [-0.15, -0.1) is 0 Å². The quantitative estimate of drug-likeness (QED) is 0.753. The van der Waals surface area contributed by atoms with Gasteiger partial charge < -0.3 is 14.8 Å². The van der Waals surface area contributed by atoms with Crippen molar-refractivity contribution < 1.29 is 27.8 Å². The normalized spacial score (nSPS) is 10.5. The molecule has 2 rings (SSSR count). The van der Waals surface area contributed by atoms with E-state index < -0.39 is 25.1 Å². The summed E-state index contributed by atoms with van der Waals surface area (Å²) in [6.45, 7) is 0.102. The van der Waals surface area contributed by atoms with Gasteiger partial charge in [-0.05, 0) is 49.2 Å². The lowest BCUT2D eigenvalue weighted by atomic mass is 10.1. The average Bonchev–Trinajstić information content (AvgIpc) is 2.55. The number of aryl methyl sites for hydroxylation is 2. The molecular weight excluding hydrogens is 368 g/mol. The number of hydrogen-bond acceptors (Lipinski definition) is 4. The van der Waals surface area contributed by atoms with Crippen LogP contribution < -0.4 is 10.1 Å². The highest BCUT2D eigenvalue weighted by atomic mass is 35.5. The Morgan fingerprint density at radius 2 is 1.92 bits per heavy atom. The first-order valence-electron chi connectivity index (χ1n) is 7.55. The van der Waals surface area contributed by atoms with E-state index in [-0.39, 0.29) is 11.3 Å². The van der Waals surface area contributed by atoms with E-state index in [2.05, 4.69) is 10.1 Å². The predicted octanol–water partition coefficient (Wildman–Crippen LogP) is 4.35. The van der Waals surface area contributed by atoms with Crippen molar-refractivity contribution in [3.05, 3.63) is 58.1 Å². The Balaban J connectivity index is 1.96. The van der Waals surface area contributed by atoms with Crippen molar-refractivity contribution in [3.63, 3.8) is 0 Å². The number of alkyl halides is 2. The molecule has 1 amide bonds. The molecule has 26 heavy (non-hydrogen) atoms. The third-order valence-corrected chi connectivity index (χ3v) is 3.62. The standard InChI is InChI=1S/C18H16ClF2NO4/c1-10-6-11(2)16(14(19)7-10)22-15(23)9-25-17(24)12-4-3-5-13(8-12)26-18(20)21/h3-8,18H,9H2,1-2H3,(H,22,23). The second-order valence-corrected chi connectivity index (χ2v) is 5.88. The maximum atomic E-state index is 12.2. The number of anilines is 1. The van der Waals surface area contributed by atoms with E-state index in [1.807, 2.05) is 13.0 Å². The summed E-state index contributed by atoms with van der Waals surface area (Å²) in [4.78, 5) is 23.9. The lowest BCUT2D eigenvalue weighted by molar-refractivity contribution is -0.119. The molecule has 0 saturated carbocycles. The summed E-state index contributed by atoms with van der Waals surface area (Å²) in [5.74, 6) is -1.60. The number of carbonyl (C=O) groups is 2. The van der Waals surface area contributed by atoms with Gasteiger partial charge in [-0.25, -0.2) is 4.79 Å². The maximum Gasteiger partial charge on any atom is 0.387 e. The van der Waals surface area contributed by atoms with E-state index in [4.69, 9.17) is 16.3 Å². The Kier molecular flexibility index (Phi) is 6.52. The molecule has 0 atom stereocenters. The van der Waals surface area contributed by atoms with Gasteiger partial charge in [0.2, 0.25) is 0 Å². The van der Waals surface area contributed by atoms with Crippen LogP contribution in [0.15, 0.2) is 36.4 Å². The first-order chi connectivity index (χ1) is 12.3. The van der Waals surface area contributed by atoms with Crippen LogP contribution in [-0.4, -0.2) is 25.1 Å². The smallest absolute Gasteiger partial charge is 0.387 e. The summed E-state index contributed by atoms with van der Waals surface area (Å²) in [6.07, 6.45) is 0. The average molecular weight is 384 g/mol. The monoisotopic (exact) mass is 383 g/mol. The zero-order chi connectivity index (χ0) is 19.3. The molecule has 0 unspecified atom stereocenters. The summed E-state index contributed by atoms with van der Waals surface area (Å²) in [5.41, 5.74) is 2.14. The third kappa shape index (κ3) is 5.42. The molecule has 2 aromatic carbocycles. The lowest BCUT2D eigenvalue weighted by Crippen LogP contribution is -2.21. The molecule has 0 heterocycles. The number of benzene rings is 2. The first-order valence-corrected chi connectivity index (χ1v) is 7.92. The fourth-order valence-electron chi connectivity index (χ4n) is 2.26. The van der Waals surface area contributed by atoms with Gasteiger partial charge in [0.25, 0.3) is 5.91 Å². The number of esters is 1. The Morgan fingerprint density at radius 1 is 1.19 bits per heavy atom. The van der Waals surface area contributed by atoms with Crippen LogP contribution in [0.25, 0.3) is 0 Å². The molecule has 0 aliphatic carbocycles. The summed E-state index contributed by atoms with van der Waals surface area (Å²) < 4.78 is 33.5. The molecule has 0 saturated heterocycles. The zero-order valence-electron chi connectivity index (χ0n) is 14.0. The number of carbonyl (C=O) groups excluding carboxylic acids is 2. The van der Waals surface area contributed by atoms with Gasteiger partial charge in [0, 0.05) is 0 Å². The Labute approximate surface area is 153 Å². The molecule has 2 aromatic rings. The first kappa shape index (κ1) is 19.7. The van der Waals surface area contributed by atoms with Crippen molar-refractivity contribution in [3.8, 4) is 5.75 Å². The molecular formula is C18H16ClF2NO4. The van der Waals surface area contributed by atoms with E-state index in [0.29, 0.717) is 10.7 Å². The molecule has 0 aliphatic rings. The number of halogens is 3. The summed E-state index contributed by atoms with van der Waals surface area (Å²) in [7, 11) is 0. The van der Waals surface area contributed by atoms with Crippen molar-refractivity contribution >= 4 is 29.2 Å². The zero-order valence-corrected chi connectivity index (χ0v) is 14.8. The molecule has 5 nitrogen and oxygen atoms in total. The SMILES string of the molecule is Cc1cc(C)c(NC(=O)COC(=O)c2cccc(OC(F)F)c2)c(Cl)c1. The van der Waals surface area contributed by atoms with Crippen LogP contribution in [0.3, 0.4) is 0 Å². The van der Waals surface area contributed by atoms with Crippen LogP contribution in [0.2, 0.25) is 5.02 Å². The van der Waals surface area contributed by atoms with Crippen molar-refractivity contribution in [2.45, 2.75) is 20.5 Å². The molecule has 8 heteroatoms. The molecule has 0 fully saturated rings. The van der Waals surface area contributed by atoms with Gasteiger partial charge in [-0.2, -0.15) is 8.78 Å². The van der Waals surface area contributed by atoms with Crippen LogP contribution in [0, 0.1) is 13.8 Å². The molecule has 1 N–H and O–H groups in total. The van der Waals surface area contributed by atoms with Gasteiger partial charge in [-0.1, -0.05) is 23.7 Å². The van der Waals surface area contributed by atoms with Crippen molar-refractivity contribution in [1.82, 2.24) is 0 Å². The number of hydrogen-bond donors (Lipinski definition) is 1. The fourth-order valence-corrected chi connectivity index (χ4v) is 2.63. The predicted molar refractivity (Wildman–Crippen MR) is 92.9 cm³/mol. The van der Waals surface area contributed by atoms with Gasteiger partial charge in [0.05, 0.1) is 16.3 Å². The molecule has 0 spiro atoms. The van der Waals surface area contributed by atoms with Crippen molar-refractivity contribution in [1.29, 1.82) is 0 Å². The minimum Gasteiger partial charge on any atom is -0.452 e. The molecule has 138 valence electrons. The second kappa shape index (κ2) is 8.62. The van der Waals surface area contributed by atoms with Crippen LogP contribution in [0.5, 0.6) is 5.75 Å². The van der Waals surface area contributed by atoms with Gasteiger partial charge in [0.15, 0.2) is 6.61 Å². The number of rotatable bonds is 6. The van der Waals surface area contributed by atoms with E-state index in [0.717, 1.165) is 17.2 Å². The highest BCUT2D eigenvalue weighted by Crippen LogP contribution is 2.27. The Bertz CT molecular complexity index is 804. The summed E-state index contributed by atoms with van der Waals surface area (Å²) in [6, 6.07) is 8.65. The minimum atomic E-state index is -3.01. The highest BCUT2D eigenvalue weighted by molar-refractivity contribution is 6.34. The topological polar surface area (TPSA) is 64.6 Å². The molecule has 0 aliphatic heterocycles. The van der Waals surface area contributed by atoms with Crippen LogP contribution in [0.1, 0.15) is 21.5 Å². The van der Waals surface area contributed by atoms with Gasteiger partial charge >= 0.3 is 12.6 Å². The number of nitrogens with one attached hydrogen (secondary N) is 1. The van der Waals surface area contributed by atoms with Crippen LogP contribution >= 0.6 is 11.6 Å². The van der Waals surface area contributed by atoms with E-state index in [1.165, 1.54) is 18.2 Å². The number of amides is 1. The highest BCUT2D eigenvalue weighted by Gasteiger charge is 2.14. The largest absolute Gasteiger partial charge is 0.452 e. The number of ether oxygens (including phenoxy) is 2. The Hall–Kier alpha value is -2.67. The second-order valence-electron chi connectivity index (χ2n) is 5.47. The molecule has 0 aromatic heterocycles.